The smallest absolute Gasteiger partial charge is 0.235 e. The molecule has 0 aliphatic rings. The Morgan fingerprint density at radius 2 is 1.89 bits per heavy atom. The van der Waals surface area contributed by atoms with E-state index in [1.165, 1.54) is 6.07 Å². The molecule has 3 nitrogen and oxygen atoms in total. The van der Waals surface area contributed by atoms with E-state index in [2.05, 4.69) is 4.98 Å². The van der Waals surface area contributed by atoms with Crippen molar-refractivity contribution in [1.29, 1.82) is 10.5 Å². The second-order valence-electron chi connectivity index (χ2n) is 3.17. The Balaban J connectivity index is 3.55. The first-order valence-corrected chi connectivity index (χ1v) is 4.47. The lowest BCUT2D eigenvalue weighted by atomic mass is 10.1. The molecule has 8 heteroatoms. The van der Waals surface area contributed by atoms with Gasteiger partial charge in [0.2, 0.25) is 0 Å². The van der Waals surface area contributed by atoms with Gasteiger partial charge in [-0.05, 0) is 6.07 Å². The van der Waals surface area contributed by atoms with E-state index >= 15 is 0 Å². The molecule has 0 saturated heterocycles. The first-order valence-electron chi connectivity index (χ1n) is 4.47. The molecule has 0 bridgehead atoms. The van der Waals surface area contributed by atoms with Crippen LogP contribution in [0.4, 0.5) is 22.0 Å². The van der Waals surface area contributed by atoms with Crippen LogP contribution in [0.1, 0.15) is 28.9 Å². The summed E-state index contributed by atoms with van der Waals surface area (Å²) in [4.78, 5) is 2.99. The summed E-state index contributed by atoms with van der Waals surface area (Å²) in [6, 6.07) is 3.30. The number of rotatable bonds is 2. The van der Waals surface area contributed by atoms with Gasteiger partial charge in [0.25, 0.3) is 6.43 Å². The molecule has 0 radical (unpaired) electrons. The summed E-state index contributed by atoms with van der Waals surface area (Å²) in [6.07, 6.45) is -8.98. The van der Waals surface area contributed by atoms with Crippen molar-refractivity contribution < 1.29 is 22.0 Å². The average molecular weight is 261 g/mol. The van der Waals surface area contributed by atoms with Crippen LogP contribution in [0, 0.1) is 22.7 Å². The molecule has 94 valence electrons. The van der Waals surface area contributed by atoms with Crippen molar-refractivity contribution in [3.05, 3.63) is 28.6 Å². The minimum Gasteiger partial charge on any atom is -0.235 e. The number of alkyl halides is 5. The normalized spacial score (nSPS) is 11.1. The minimum atomic E-state index is -5.02. The van der Waals surface area contributed by atoms with Crippen molar-refractivity contribution in [3.63, 3.8) is 0 Å². The van der Waals surface area contributed by atoms with Crippen LogP contribution in [0.2, 0.25) is 0 Å². The van der Waals surface area contributed by atoms with Gasteiger partial charge in [0.1, 0.15) is 17.5 Å². The van der Waals surface area contributed by atoms with Gasteiger partial charge in [-0.25, -0.2) is 13.8 Å². The van der Waals surface area contributed by atoms with Crippen LogP contribution in [0.5, 0.6) is 0 Å². The van der Waals surface area contributed by atoms with Gasteiger partial charge in [0.15, 0.2) is 0 Å². The monoisotopic (exact) mass is 261 g/mol. The third-order valence-corrected chi connectivity index (χ3v) is 2.02. The van der Waals surface area contributed by atoms with Gasteiger partial charge in [-0.3, -0.25) is 0 Å². The van der Waals surface area contributed by atoms with Crippen molar-refractivity contribution in [2.45, 2.75) is 19.0 Å². The van der Waals surface area contributed by atoms with Crippen LogP contribution < -0.4 is 0 Å². The Kier molecular flexibility index (Phi) is 3.82. The lowest BCUT2D eigenvalue weighted by molar-refractivity contribution is -0.140. The average Bonchev–Trinajstić information content (AvgIpc) is 2.27. The fraction of sp³-hybridized carbons (Fsp3) is 0.300. The highest BCUT2D eigenvalue weighted by Crippen LogP contribution is 2.36. The number of halogens is 5. The highest BCUT2D eigenvalue weighted by molar-refractivity contribution is 5.40. The summed E-state index contributed by atoms with van der Waals surface area (Å²) in [7, 11) is 0. The fourth-order valence-corrected chi connectivity index (χ4v) is 1.28. The zero-order valence-electron chi connectivity index (χ0n) is 8.59. The molecule has 1 heterocycles. The van der Waals surface area contributed by atoms with E-state index in [1.54, 1.807) is 6.07 Å². The minimum absolute atomic E-state index is 0.322. The zero-order valence-corrected chi connectivity index (χ0v) is 8.59. The number of hydrogen-bond acceptors (Lipinski definition) is 3. The SMILES string of the molecule is N#CCc1cc(C(F)(F)F)c(C(F)F)nc1C#N. The molecular weight excluding hydrogens is 257 g/mol. The van der Waals surface area contributed by atoms with Gasteiger partial charge in [-0.1, -0.05) is 0 Å². The lowest BCUT2D eigenvalue weighted by Crippen LogP contribution is -2.14. The molecule has 0 aliphatic heterocycles. The number of nitriles is 2. The summed E-state index contributed by atoms with van der Waals surface area (Å²) in [6.45, 7) is 0. The predicted molar refractivity (Wildman–Crippen MR) is 48.2 cm³/mol. The molecule has 0 aliphatic carbocycles. The van der Waals surface area contributed by atoms with Crippen molar-refractivity contribution >= 4 is 0 Å². The molecule has 1 aromatic heterocycles. The van der Waals surface area contributed by atoms with Gasteiger partial charge in [0, 0.05) is 5.56 Å². The Morgan fingerprint density at radius 3 is 2.28 bits per heavy atom. The van der Waals surface area contributed by atoms with Crippen molar-refractivity contribution in [1.82, 2.24) is 4.98 Å². The summed E-state index contributed by atoms with van der Waals surface area (Å²) in [5.74, 6) is 0. The first-order chi connectivity index (χ1) is 8.31. The molecule has 0 amide bonds. The largest absolute Gasteiger partial charge is 0.418 e. The summed E-state index contributed by atoms with van der Waals surface area (Å²) < 4.78 is 62.5. The molecule has 0 unspecified atom stereocenters. The van der Waals surface area contributed by atoms with E-state index in [-0.39, 0.29) is 5.56 Å². The van der Waals surface area contributed by atoms with Crippen LogP contribution in [-0.2, 0) is 12.6 Å². The van der Waals surface area contributed by atoms with Crippen molar-refractivity contribution in [2.24, 2.45) is 0 Å². The van der Waals surface area contributed by atoms with Crippen LogP contribution in [0.15, 0.2) is 6.07 Å². The third kappa shape index (κ3) is 2.72. The van der Waals surface area contributed by atoms with Crippen molar-refractivity contribution in [3.8, 4) is 12.1 Å². The Labute approximate surface area is 98.1 Å². The number of nitrogens with zero attached hydrogens (tertiary/aromatic N) is 3. The quantitative estimate of drug-likeness (QED) is 0.769. The Hall–Kier alpha value is -2.22. The topological polar surface area (TPSA) is 60.5 Å². The maximum atomic E-state index is 12.5. The molecule has 0 spiro atoms. The van der Waals surface area contributed by atoms with Gasteiger partial charge >= 0.3 is 6.18 Å². The fourth-order valence-electron chi connectivity index (χ4n) is 1.28. The standard InChI is InChI=1S/C10H4F5N3/c11-9(12)8-6(10(13,14)15)3-5(1-2-16)7(4-17)18-8/h3,9H,1H2. The van der Waals surface area contributed by atoms with E-state index in [4.69, 9.17) is 10.5 Å². The molecular formula is C10H4F5N3. The molecule has 1 aromatic rings. The number of aromatic nitrogens is 1. The van der Waals surface area contributed by atoms with Crippen LogP contribution >= 0.6 is 0 Å². The van der Waals surface area contributed by atoms with Crippen LogP contribution in [0.25, 0.3) is 0 Å². The highest BCUT2D eigenvalue weighted by atomic mass is 19.4. The van der Waals surface area contributed by atoms with Gasteiger partial charge in [-0.2, -0.15) is 23.7 Å². The molecule has 0 fully saturated rings. The Morgan fingerprint density at radius 1 is 1.28 bits per heavy atom. The summed E-state index contributed by atoms with van der Waals surface area (Å²) in [5, 5.41) is 17.0. The van der Waals surface area contributed by atoms with Gasteiger partial charge in [-0.15, -0.1) is 0 Å². The Bertz CT molecular complexity index is 536. The first kappa shape index (κ1) is 13.8. The third-order valence-electron chi connectivity index (χ3n) is 2.02. The maximum Gasteiger partial charge on any atom is 0.418 e. The summed E-state index contributed by atoms with van der Waals surface area (Å²) >= 11 is 0. The van der Waals surface area contributed by atoms with Gasteiger partial charge < -0.3 is 0 Å². The van der Waals surface area contributed by atoms with E-state index in [0.29, 0.717) is 6.07 Å². The molecule has 1 rings (SSSR count). The molecule has 18 heavy (non-hydrogen) atoms. The van der Waals surface area contributed by atoms with Crippen LogP contribution in [0.3, 0.4) is 0 Å². The van der Waals surface area contributed by atoms with E-state index < -0.39 is 36.0 Å². The zero-order chi connectivity index (χ0) is 13.9. The molecule has 0 aromatic carbocycles. The van der Waals surface area contributed by atoms with E-state index in [9.17, 15) is 22.0 Å². The number of pyridine rings is 1. The second-order valence-corrected chi connectivity index (χ2v) is 3.17. The second kappa shape index (κ2) is 4.96. The predicted octanol–water partition coefficient (Wildman–Crippen LogP) is 2.98. The van der Waals surface area contributed by atoms with E-state index in [1.807, 2.05) is 0 Å². The molecule has 0 atom stereocenters. The van der Waals surface area contributed by atoms with E-state index in [0.717, 1.165) is 0 Å². The van der Waals surface area contributed by atoms with Crippen LogP contribution in [-0.4, -0.2) is 4.98 Å². The summed E-state index contributed by atoms with van der Waals surface area (Å²) in [5.41, 5.74) is -4.04. The van der Waals surface area contributed by atoms with Gasteiger partial charge in [0.05, 0.1) is 18.1 Å². The maximum absolute atomic E-state index is 12.5. The lowest BCUT2D eigenvalue weighted by Gasteiger charge is -2.13. The molecule has 0 saturated carbocycles. The van der Waals surface area contributed by atoms with Crippen molar-refractivity contribution in [2.75, 3.05) is 0 Å². The number of hydrogen-bond donors (Lipinski definition) is 0. The molecule has 0 N–H and O–H groups in total. The highest BCUT2D eigenvalue weighted by Gasteiger charge is 2.37.